The van der Waals surface area contributed by atoms with Crippen molar-refractivity contribution >= 4 is 15.9 Å². The number of aromatic nitrogens is 2. The molecule has 0 amide bonds. The third-order valence-electron chi connectivity index (χ3n) is 3.32. The van der Waals surface area contributed by atoms with Gasteiger partial charge in [0.2, 0.25) is 0 Å². The van der Waals surface area contributed by atoms with Crippen LogP contribution in [-0.2, 0) is 13.0 Å². The number of halogens is 2. The van der Waals surface area contributed by atoms with Crippen LogP contribution < -0.4 is 5.76 Å². The van der Waals surface area contributed by atoms with Crippen LogP contribution >= 0.6 is 15.9 Å². The van der Waals surface area contributed by atoms with Crippen molar-refractivity contribution in [1.29, 1.82) is 0 Å². The normalized spacial score (nSPS) is 10.8. The van der Waals surface area contributed by atoms with Crippen LogP contribution in [0.2, 0.25) is 0 Å². The lowest BCUT2D eigenvalue weighted by molar-refractivity contribution is 0.375. The van der Waals surface area contributed by atoms with Crippen molar-refractivity contribution < 1.29 is 8.91 Å². The van der Waals surface area contributed by atoms with Crippen molar-refractivity contribution in [3.63, 3.8) is 0 Å². The topological polar surface area (TPSA) is 48.0 Å². The summed E-state index contributed by atoms with van der Waals surface area (Å²) in [6, 6.07) is 13.7. The van der Waals surface area contributed by atoms with Crippen LogP contribution in [0.4, 0.5) is 4.39 Å². The van der Waals surface area contributed by atoms with Crippen molar-refractivity contribution in [2.75, 3.05) is 0 Å². The summed E-state index contributed by atoms with van der Waals surface area (Å²) in [6.07, 6.45) is 0.399. The van der Waals surface area contributed by atoms with Gasteiger partial charge in [-0.05, 0) is 29.3 Å². The Kier molecular flexibility index (Phi) is 4.20. The highest BCUT2D eigenvalue weighted by Gasteiger charge is 2.13. The van der Waals surface area contributed by atoms with Crippen LogP contribution in [0.5, 0.6) is 0 Å². The molecule has 0 bridgehead atoms. The second-order valence-corrected chi connectivity index (χ2v) is 5.70. The molecule has 0 aliphatic heterocycles. The van der Waals surface area contributed by atoms with E-state index in [0.717, 1.165) is 15.6 Å². The van der Waals surface area contributed by atoms with Crippen LogP contribution in [0.15, 0.2) is 62.3 Å². The van der Waals surface area contributed by atoms with Gasteiger partial charge in [0.25, 0.3) is 0 Å². The van der Waals surface area contributed by atoms with Gasteiger partial charge in [-0.2, -0.15) is 0 Å². The molecule has 1 aromatic heterocycles. The van der Waals surface area contributed by atoms with E-state index in [0.29, 0.717) is 18.8 Å². The lowest BCUT2D eigenvalue weighted by Crippen LogP contribution is -2.18. The van der Waals surface area contributed by atoms with E-state index in [1.54, 1.807) is 12.1 Å². The smallest absolute Gasteiger partial charge is 0.296 e. The monoisotopic (exact) mass is 362 g/mol. The van der Waals surface area contributed by atoms with Gasteiger partial charge in [-0.3, -0.25) is 9.09 Å². The second kappa shape index (κ2) is 6.27. The molecule has 0 saturated heterocycles. The van der Waals surface area contributed by atoms with Crippen LogP contribution in [0.25, 0.3) is 0 Å². The van der Waals surface area contributed by atoms with Gasteiger partial charge in [-0.1, -0.05) is 51.4 Å². The van der Waals surface area contributed by atoms with Gasteiger partial charge in [-0.15, -0.1) is 0 Å². The highest BCUT2D eigenvalue weighted by Crippen LogP contribution is 2.17. The SMILES string of the molecule is O=c1onc(Cc2ccc(F)cc2)n1Cc1ccccc1Br. The van der Waals surface area contributed by atoms with Crippen molar-refractivity contribution in [2.45, 2.75) is 13.0 Å². The molecule has 112 valence electrons. The molecule has 2 aromatic carbocycles. The number of hydrogen-bond donors (Lipinski definition) is 0. The Hall–Kier alpha value is -2.21. The van der Waals surface area contributed by atoms with Gasteiger partial charge in [0.1, 0.15) is 5.82 Å². The lowest BCUT2D eigenvalue weighted by Gasteiger charge is -2.06. The van der Waals surface area contributed by atoms with Gasteiger partial charge >= 0.3 is 5.76 Å². The van der Waals surface area contributed by atoms with E-state index < -0.39 is 5.76 Å². The first-order valence-corrected chi connectivity index (χ1v) is 7.46. The molecule has 0 aliphatic carbocycles. The Labute approximate surface area is 134 Å². The van der Waals surface area contributed by atoms with E-state index in [9.17, 15) is 9.18 Å². The van der Waals surface area contributed by atoms with Crippen LogP contribution in [-0.4, -0.2) is 9.72 Å². The minimum absolute atomic E-state index is 0.297. The standard InChI is InChI=1S/C16H12BrFN2O2/c17-14-4-2-1-3-12(14)10-20-15(19-22-16(20)21)9-11-5-7-13(18)8-6-11/h1-8H,9-10H2. The molecular weight excluding hydrogens is 351 g/mol. The van der Waals surface area contributed by atoms with Crippen molar-refractivity contribution in [3.8, 4) is 0 Å². The molecule has 22 heavy (non-hydrogen) atoms. The number of benzene rings is 2. The summed E-state index contributed by atoms with van der Waals surface area (Å²) in [6.45, 7) is 0.361. The van der Waals surface area contributed by atoms with Crippen molar-refractivity contribution in [2.24, 2.45) is 0 Å². The molecular formula is C16H12BrFN2O2. The van der Waals surface area contributed by atoms with Gasteiger partial charge in [0, 0.05) is 10.9 Å². The van der Waals surface area contributed by atoms with E-state index in [2.05, 4.69) is 21.1 Å². The fourth-order valence-corrected chi connectivity index (χ4v) is 2.57. The Morgan fingerprint density at radius 1 is 1.14 bits per heavy atom. The highest BCUT2D eigenvalue weighted by atomic mass is 79.9. The van der Waals surface area contributed by atoms with Gasteiger partial charge in [0.15, 0.2) is 5.82 Å². The maximum absolute atomic E-state index is 12.9. The van der Waals surface area contributed by atoms with E-state index >= 15 is 0 Å². The number of rotatable bonds is 4. The molecule has 0 radical (unpaired) electrons. The van der Waals surface area contributed by atoms with Gasteiger partial charge in [0.05, 0.1) is 6.54 Å². The average molecular weight is 363 g/mol. The van der Waals surface area contributed by atoms with Crippen LogP contribution in [0.3, 0.4) is 0 Å². The summed E-state index contributed by atoms with van der Waals surface area (Å²) in [5.41, 5.74) is 1.81. The summed E-state index contributed by atoms with van der Waals surface area (Å²) < 4.78 is 20.1. The predicted molar refractivity (Wildman–Crippen MR) is 83.2 cm³/mol. The van der Waals surface area contributed by atoms with E-state index in [4.69, 9.17) is 4.52 Å². The molecule has 4 nitrogen and oxygen atoms in total. The molecule has 0 N–H and O–H groups in total. The highest BCUT2D eigenvalue weighted by molar-refractivity contribution is 9.10. The van der Waals surface area contributed by atoms with Crippen molar-refractivity contribution in [1.82, 2.24) is 9.72 Å². The zero-order chi connectivity index (χ0) is 15.5. The van der Waals surface area contributed by atoms with E-state index in [1.807, 2.05) is 24.3 Å². The molecule has 3 aromatic rings. The van der Waals surface area contributed by atoms with Crippen LogP contribution in [0.1, 0.15) is 17.0 Å². The van der Waals surface area contributed by atoms with E-state index in [-0.39, 0.29) is 5.82 Å². The first-order chi connectivity index (χ1) is 10.6. The summed E-state index contributed by atoms with van der Waals surface area (Å²) in [5, 5.41) is 3.83. The summed E-state index contributed by atoms with van der Waals surface area (Å²) in [4.78, 5) is 11.9. The molecule has 3 rings (SSSR count). The molecule has 6 heteroatoms. The minimum Gasteiger partial charge on any atom is -0.296 e. The minimum atomic E-state index is -0.507. The summed E-state index contributed by atoms with van der Waals surface area (Å²) >= 11 is 3.46. The van der Waals surface area contributed by atoms with Gasteiger partial charge in [-0.25, -0.2) is 9.18 Å². The predicted octanol–water partition coefficient (Wildman–Crippen LogP) is 3.38. The summed E-state index contributed by atoms with van der Waals surface area (Å²) in [5.74, 6) is -0.297. The van der Waals surface area contributed by atoms with Gasteiger partial charge < -0.3 is 0 Å². The third kappa shape index (κ3) is 3.17. The lowest BCUT2D eigenvalue weighted by atomic mass is 10.1. The fourth-order valence-electron chi connectivity index (χ4n) is 2.16. The molecule has 0 spiro atoms. The largest absolute Gasteiger partial charge is 0.441 e. The molecule has 1 heterocycles. The summed E-state index contributed by atoms with van der Waals surface area (Å²) in [7, 11) is 0. The van der Waals surface area contributed by atoms with Crippen LogP contribution in [0, 0.1) is 5.82 Å². The maximum Gasteiger partial charge on any atom is 0.441 e. The fraction of sp³-hybridized carbons (Fsp3) is 0.125. The zero-order valence-corrected chi connectivity index (χ0v) is 13.1. The van der Waals surface area contributed by atoms with Crippen molar-refractivity contribution in [3.05, 3.63) is 86.3 Å². The second-order valence-electron chi connectivity index (χ2n) is 4.85. The zero-order valence-electron chi connectivity index (χ0n) is 11.5. The van der Waals surface area contributed by atoms with E-state index in [1.165, 1.54) is 16.7 Å². The molecule has 0 saturated carbocycles. The quantitative estimate of drug-likeness (QED) is 0.714. The first-order valence-electron chi connectivity index (χ1n) is 6.67. The Morgan fingerprint density at radius 3 is 2.59 bits per heavy atom. The number of hydrogen-bond acceptors (Lipinski definition) is 3. The maximum atomic E-state index is 12.9. The average Bonchev–Trinajstić information content (AvgIpc) is 2.85. The first kappa shape index (κ1) is 14.7. The molecule has 0 atom stereocenters. The molecule has 0 unspecified atom stereocenters. The number of nitrogens with zero attached hydrogens (tertiary/aromatic N) is 2. The molecule has 0 fully saturated rings. The Balaban J connectivity index is 1.89. The Morgan fingerprint density at radius 2 is 1.86 bits per heavy atom. The Bertz CT molecular complexity index is 840. The third-order valence-corrected chi connectivity index (χ3v) is 4.10. The molecule has 0 aliphatic rings.